The van der Waals surface area contributed by atoms with Gasteiger partial charge in [0.15, 0.2) is 0 Å². The number of nitrogens with zero attached hydrogens (tertiary/aromatic N) is 3. The number of aromatic nitrogens is 2. The van der Waals surface area contributed by atoms with E-state index in [1.54, 1.807) is 0 Å². The van der Waals surface area contributed by atoms with Gasteiger partial charge in [0, 0.05) is 43.9 Å². The van der Waals surface area contributed by atoms with Crippen LogP contribution in [0.3, 0.4) is 0 Å². The number of hydrogen-bond acceptors (Lipinski definition) is 4. The first kappa shape index (κ1) is 33.4. The third-order valence-electron chi connectivity index (χ3n) is 10.1. The van der Waals surface area contributed by atoms with Crippen molar-refractivity contribution in [2.75, 3.05) is 4.90 Å². The molecule has 8 rings (SSSR count). The van der Waals surface area contributed by atoms with Crippen LogP contribution in [-0.2, 0) is 26.5 Å². The van der Waals surface area contributed by atoms with Crippen LogP contribution >= 0.6 is 0 Å². The second-order valence-electron chi connectivity index (χ2n) is 13.8. The van der Waals surface area contributed by atoms with Crippen LogP contribution in [0.5, 0.6) is 5.75 Å². The number of phenolic OH excluding ortho intramolecular Hbond substituents is 1. The fourth-order valence-corrected chi connectivity index (χ4v) is 7.63. The maximum Gasteiger partial charge on any atom is 0.148 e. The predicted octanol–water partition coefficient (Wildman–Crippen LogP) is 11.5. The Morgan fingerprint density at radius 2 is 1.42 bits per heavy atom. The van der Waals surface area contributed by atoms with Crippen LogP contribution < -0.4 is 4.90 Å². The molecule has 2 aromatic heterocycles. The van der Waals surface area contributed by atoms with Crippen molar-refractivity contribution in [3.05, 3.63) is 155 Å². The zero-order valence-corrected chi connectivity index (χ0v) is 31.3. The van der Waals surface area contributed by atoms with Gasteiger partial charge in [0.25, 0.3) is 0 Å². The maximum absolute atomic E-state index is 11.9. The summed E-state index contributed by atoms with van der Waals surface area (Å²) < 4.78 is 0. The molecular weight excluding hydrogens is 794 g/mol. The fraction of sp³-hybridized carbons (Fsp3) is 0.156. The second kappa shape index (κ2) is 12.7. The average molecular weight is 832 g/mol. The Labute approximate surface area is 308 Å². The number of hydrogen-bond donors (Lipinski definition) is 1. The molecule has 4 nitrogen and oxygen atoms in total. The summed E-state index contributed by atoms with van der Waals surface area (Å²) in [7, 11) is 0. The van der Waals surface area contributed by atoms with Gasteiger partial charge < -0.3 is 10.0 Å². The van der Waals surface area contributed by atoms with Crippen LogP contribution in [0.1, 0.15) is 47.2 Å². The Morgan fingerprint density at radius 1 is 0.700 bits per heavy atom. The standard InChI is InChI=1S/C45H38N3O.Pt/c1-27-20-21-46-41(22-27)48-39-15-11-10-14-36(39)45(5,6)37-18-16-32(26-40(37)48)38-19-17-34-28(2)25-35(44(49)43(34)47-38)42-29(3)23-33(24-30(42)4)31-12-8-7-9-13-31;/h7-25,49H,1-6H3;/q-1;. The summed E-state index contributed by atoms with van der Waals surface area (Å²) in [4.78, 5) is 12.2. The van der Waals surface area contributed by atoms with Gasteiger partial charge in [-0.05, 0) is 113 Å². The van der Waals surface area contributed by atoms with E-state index in [1.807, 2.05) is 24.4 Å². The number of para-hydroxylation sites is 1. The summed E-state index contributed by atoms with van der Waals surface area (Å²) in [6.07, 6.45) is 1.86. The number of phenols is 1. The molecule has 0 radical (unpaired) electrons. The predicted molar refractivity (Wildman–Crippen MR) is 202 cm³/mol. The van der Waals surface area contributed by atoms with Crippen molar-refractivity contribution in [1.29, 1.82) is 0 Å². The van der Waals surface area contributed by atoms with Gasteiger partial charge in [-0.25, -0.2) is 4.98 Å². The summed E-state index contributed by atoms with van der Waals surface area (Å²) >= 11 is 0. The molecule has 0 spiro atoms. The molecular formula is C45H38N3OPt-. The third-order valence-corrected chi connectivity index (χ3v) is 10.1. The summed E-state index contributed by atoms with van der Waals surface area (Å²) in [6.45, 7) is 13.0. The van der Waals surface area contributed by atoms with Gasteiger partial charge in [0.1, 0.15) is 17.1 Å². The van der Waals surface area contributed by atoms with Crippen molar-refractivity contribution in [3.63, 3.8) is 0 Å². The van der Waals surface area contributed by atoms with E-state index in [0.717, 1.165) is 67.2 Å². The van der Waals surface area contributed by atoms with Gasteiger partial charge in [-0.3, -0.25) is 4.98 Å². The summed E-state index contributed by atoms with van der Waals surface area (Å²) in [5.41, 5.74) is 15.0. The van der Waals surface area contributed by atoms with Crippen LogP contribution in [0, 0.1) is 33.8 Å². The fourth-order valence-electron chi connectivity index (χ4n) is 7.63. The van der Waals surface area contributed by atoms with Gasteiger partial charge in [-0.1, -0.05) is 92.2 Å². The van der Waals surface area contributed by atoms with Gasteiger partial charge in [-0.15, -0.1) is 23.8 Å². The zero-order chi connectivity index (χ0) is 34.0. The molecule has 0 amide bonds. The monoisotopic (exact) mass is 831 g/mol. The van der Waals surface area contributed by atoms with Gasteiger partial charge in [0.05, 0.1) is 0 Å². The minimum Gasteiger partial charge on any atom is -0.505 e. The van der Waals surface area contributed by atoms with E-state index in [0.29, 0.717) is 5.52 Å². The molecule has 250 valence electrons. The molecule has 5 heteroatoms. The zero-order valence-electron chi connectivity index (χ0n) is 29.1. The quantitative estimate of drug-likeness (QED) is 0.180. The molecule has 0 saturated heterocycles. The molecule has 1 aliphatic heterocycles. The van der Waals surface area contributed by atoms with Crippen molar-refractivity contribution in [2.45, 2.75) is 47.0 Å². The maximum atomic E-state index is 11.9. The first-order valence-corrected chi connectivity index (χ1v) is 16.8. The topological polar surface area (TPSA) is 49.2 Å². The van der Waals surface area contributed by atoms with Crippen molar-refractivity contribution in [3.8, 4) is 39.3 Å². The minimum absolute atomic E-state index is 0. The molecule has 7 aromatic rings. The van der Waals surface area contributed by atoms with Crippen molar-refractivity contribution in [1.82, 2.24) is 9.97 Å². The minimum atomic E-state index is -0.242. The number of fused-ring (bicyclic) bond motifs is 3. The van der Waals surface area contributed by atoms with Crippen LogP contribution in [0.2, 0.25) is 0 Å². The van der Waals surface area contributed by atoms with Crippen molar-refractivity contribution in [2.24, 2.45) is 0 Å². The summed E-state index contributed by atoms with van der Waals surface area (Å²) in [5.74, 6) is 1.05. The van der Waals surface area contributed by atoms with Crippen molar-refractivity contribution < 1.29 is 26.2 Å². The number of anilines is 3. The van der Waals surface area contributed by atoms with Crippen LogP contribution in [0.25, 0.3) is 44.4 Å². The van der Waals surface area contributed by atoms with Crippen LogP contribution in [-0.4, -0.2) is 15.1 Å². The van der Waals surface area contributed by atoms with E-state index in [9.17, 15) is 5.11 Å². The molecule has 0 bridgehead atoms. The number of aryl methyl sites for hydroxylation is 4. The molecule has 1 N–H and O–H groups in total. The summed E-state index contributed by atoms with van der Waals surface area (Å²) in [5, 5.41) is 12.9. The Hall–Kier alpha value is -5.05. The van der Waals surface area contributed by atoms with Crippen LogP contribution in [0.4, 0.5) is 17.2 Å². The normalized spacial score (nSPS) is 13.0. The van der Waals surface area contributed by atoms with E-state index >= 15 is 0 Å². The Kier molecular flexibility index (Phi) is 8.48. The van der Waals surface area contributed by atoms with E-state index in [4.69, 9.17) is 9.97 Å². The second-order valence-corrected chi connectivity index (χ2v) is 13.8. The first-order chi connectivity index (χ1) is 23.6. The number of benzene rings is 5. The van der Waals surface area contributed by atoms with E-state index in [-0.39, 0.29) is 32.2 Å². The van der Waals surface area contributed by atoms with E-state index in [2.05, 4.69) is 144 Å². The van der Waals surface area contributed by atoms with Crippen LogP contribution in [0.15, 0.2) is 115 Å². The SMILES string of the molecule is Cc1ccnc(N2c3[c-]c(-c4ccc5c(C)cc(-c6c(C)cc(-c7ccccc7)cc6C)c(O)c5n4)ccc3C(C)(C)c3ccccc32)c1.[Pt]. The van der Waals surface area contributed by atoms with Crippen molar-refractivity contribution >= 4 is 28.1 Å². The Bertz CT molecular complexity index is 2410. The summed E-state index contributed by atoms with van der Waals surface area (Å²) in [6, 6.07) is 41.8. The third kappa shape index (κ3) is 5.43. The molecule has 0 aliphatic carbocycles. The number of pyridine rings is 2. The molecule has 0 unspecified atom stereocenters. The van der Waals surface area contributed by atoms with Gasteiger partial charge in [-0.2, -0.15) is 0 Å². The smallest absolute Gasteiger partial charge is 0.148 e. The molecule has 50 heavy (non-hydrogen) atoms. The Balaban J connectivity index is 0.00000392. The molecule has 0 atom stereocenters. The molecule has 0 saturated carbocycles. The first-order valence-electron chi connectivity index (χ1n) is 16.8. The molecule has 1 aliphatic rings. The van der Waals surface area contributed by atoms with Gasteiger partial charge >= 0.3 is 0 Å². The molecule has 0 fully saturated rings. The number of rotatable bonds is 4. The average Bonchev–Trinajstić information content (AvgIpc) is 3.10. The molecule has 5 aromatic carbocycles. The van der Waals surface area contributed by atoms with E-state index < -0.39 is 0 Å². The Morgan fingerprint density at radius 3 is 2.16 bits per heavy atom. The largest absolute Gasteiger partial charge is 0.505 e. The van der Waals surface area contributed by atoms with Gasteiger partial charge in [0.2, 0.25) is 0 Å². The number of aromatic hydroxyl groups is 1. The van der Waals surface area contributed by atoms with E-state index in [1.165, 1.54) is 22.3 Å². The molecule has 3 heterocycles.